The Labute approximate surface area is 90.9 Å². The third-order valence-electron chi connectivity index (χ3n) is 0.874. The molecule has 2 atom stereocenters. The highest BCUT2D eigenvalue weighted by atomic mass is 31.2. The molecule has 0 bridgehead atoms. The maximum absolute atomic E-state index is 10.7. The van der Waals surface area contributed by atoms with E-state index in [4.69, 9.17) is 9.79 Å². The first kappa shape index (κ1) is 15.1. The van der Waals surface area contributed by atoms with Gasteiger partial charge in [-0.15, -0.1) is 0 Å². The smallest absolute Gasteiger partial charge is 0.375 e. The Kier molecular flexibility index (Phi) is 5.09. The van der Waals surface area contributed by atoms with Crippen molar-refractivity contribution in [3.63, 3.8) is 0 Å². The van der Waals surface area contributed by atoms with Gasteiger partial charge in [-0.25, -0.2) is 18.7 Å². The second-order valence-electron chi connectivity index (χ2n) is 2.76. The summed E-state index contributed by atoms with van der Waals surface area (Å²) < 4.78 is 29.1. The van der Waals surface area contributed by atoms with E-state index >= 15 is 0 Å². The summed E-state index contributed by atoms with van der Waals surface area (Å²) in [6.07, 6.45) is 1.01. The van der Waals surface area contributed by atoms with Crippen LogP contribution >= 0.6 is 15.2 Å². The van der Waals surface area contributed by atoms with Crippen molar-refractivity contribution in [3.05, 3.63) is 12.2 Å². The van der Waals surface area contributed by atoms with Gasteiger partial charge >= 0.3 is 27.1 Å². The Morgan fingerprint density at radius 3 is 1.38 bits per heavy atom. The normalized spacial score (nSPS) is 18.5. The summed E-state index contributed by atoms with van der Waals surface area (Å²) in [5.41, 5.74) is 0. The zero-order valence-electron chi connectivity index (χ0n) is 8.39. The predicted octanol–water partition coefficient (Wildman–Crippen LogP) is 0.259. The third-order valence-corrected chi connectivity index (χ3v) is 1.91. The summed E-state index contributed by atoms with van der Waals surface area (Å²) in [7, 11) is -7.96. The molecule has 0 radical (unpaired) electrons. The molecule has 0 aliphatic heterocycles. The van der Waals surface area contributed by atoms with Crippen molar-refractivity contribution in [1.82, 2.24) is 0 Å². The van der Waals surface area contributed by atoms with E-state index in [0.29, 0.717) is 12.2 Å². The molecule has 0 aromatic rings. The quantitative estimate of drug-likeness (QED) is 0.551. The van der Waals surface area contributed by atoms with Crippen LogP contribution < -0.4 is 0 Å². The SMILES string of the molecule is CP(=O)(O)OC(=O)/C=C/C(=O)OP(C)(=O)O. The zero-order valence-corrected chi connectivity index (χ0v) is 10.2. The number of carbonyl (C=O) groups excluding carboxylic acids is 2. The number of carbonyl (C=O) groups is 2. The molecule has 0 aliphatic rings. The molecule has 0 saturated carbocycles. The maximum Gasteiger partial charge on any atom is 0.375 e. The van der Waals surface area contributed by atoms with E-state index in [1.807, 2.05) is 0 Å². The van der Waals surface area contributed by atoms with Crippen LogP contribution in [0.25, 0.3) is 0 Å². The molecule has 2 unspecified atom stereocenters. The van der Waals surface area contributed by atoms with Crippen molar-refractivity contribution in [1.29, 1.82) is 0 Å². The van der Waals surface area contributed by atoms with E-state index < -0.39 is 27.1 Å². The molecule has 0 rings (SSSR count). The summed E-state index contributed by atoms with van der Waals surface area (Å²) in [6.45, 7) is 1.57. The van der Waals surface area contributed by atoms with Crippen molar-refractivity contribution in [2.24, 2.45) is 0 Å². The van der Waals surface area contributed by atoms with Crippen molar-refractivity contribution in [3.8, 4) is 0 Å². The predicted molar refractivity (Wildman–Crippen MR) is 52.8 cm³/mol. The Morgan fingerprint density at radius 2 is 1.19 bits per heavy atom. The lowest BCUT2D eigenvalue weighted by molar-refractivity contribution is -0.132. The second-order valence-corrected chi connectivity index (χ2v) is 6.34. The summed E-state index contributed by atoms with van der Waals surface area (Å²) in [5, 5.41) is 0. The zero-order chi connectivity index (χ0) is 13.0. The highest BCUT2D eigenvalue weighted by molar-refractivity contribution is 7.52. The van der Waals surface area contributed by atoms with Gasteiger partial charge in [0.2, 0.25) is 0 Å². The van der Waals surface area contributed by atoms with Gasteiger partial charge in [0.15, 0.2) is 0 Å². The van der Waals surface area contributed by atoms with E-state index in [9.17, 15) is 18.7 Å². The number of hydrogen-bond donors (Lipinski definition) is 2. The van der Waals surface area contributed by atoms with Gasteiger partial charge in [0.05, 0.1) is 0 Å². The third kappa shape index (κ3) is 9.61. The highest BCUT2D eigenvalue weighted by Crippen LogP contribution is 2.37. The van der Waals surface area contributed by atoms with E-state index in [1.54, 1.807) is 0 Å². The molecule has 10 heteroatoms. The standard InChI is InChI=1S/C6H10O8P2/c1-15(9,10)13-5(7)3-4-6(8)14-16(2,11)12/h3-4H,1-2H3,(H,9,10)(H,11,12)/b4-3+. The van der Waals surface area contributed by atoms with Crippen LogP contribution in [0.15, 0.2) is 12.2 Å². The van der Waals surface area contributed by atoms with Crippen molar-refractivity contribution in [2.75, 3.05) is 13.3 Å². The molecule has 16 heavy (non-hydrogen) atoms. The van der Waals surface area contributed by atoms with Crippen LogP contribution in [0.3, 0.4) is 0 Å². The average Bonchev–Trinajstić information content (AvgIpc) is 1.94. The van der Waals surface area contributed by atoms with E-state index in [-0.39, 0.29) is 0 Å². The lowest BCUT2D eigenvalue weighted by Gasteiger charge is -2.04. The molecular formula is C6H10O8P2. The molecule has 0 aliphatic carbocycles. The molecule has 0 fully saturated rings. The van der Waals surface area contributed by atoms with E-state index in [0.717, 1.165) is 13.3 Å². The molecule has 0 aromatic heterocycles. The Morgan fingerprint density at radius 1 is 0.938 bits per heavy atom. The van der Waals surface area contributed by atoms with Gasteiger partial charge < -0.3 is 18.8 Å². The molecular weight excluding hydrogens is 262 g/mol. The summed E-state index contributed by atoms with van der Waals surface area (Å²) in [4.78, 5) is 38.7. The molecule has 0 aromatic carbocycles. The van der Waals surface area contributed by atoms with Crippen LogP contribution in [0.2, 0.25) is 0 Å². The van der Waals surface area contributed by atoms with Crippen LogP contribution in [-0.2, 0) is 27.8 Å². The fourth-order valence-electron chi connectivity index (χ4n) is 0.531. The Hall–Kier alpha value is -0.940. The largest absolute Gasteiger partial charge is 0.389 e. The first-order chi connectivity index (χ1) is 6.99. The summed E-state index contributed by atoms with van der Waals surface area (Å²) >= 11 is 0. The molecule has 0 heterocycles. The van der Waals surface area contributed by atoms with Gasteiger partial charge in [0.25, 0.3) is 0 Å². The fraction of sp³-hybridized carbons (Fsp3) is 0.333. The minimum Gasteiger partial charge on any atom is -0.389 e. The second kappa shape index (κ2) is 5.41. The van der Waals surface area contributed by atoms with E-state index in [2.05, 4.69) is 9.05 Å². The average molecular weight is 272 g/mol. The van der Waals surface area contributed by atoms with Crippen molar-refractivity contribution >= 4 is 27.1 Å². The van der Waals surface area contributed by atoms with Gasteiger partial charge in [-0.05, 0) is 0 Å². The van der Waals surface area contributed by atoms with Crippen molar-refractivity contribution in [2.45, 2.75) is 0 Å². The molecule has 8 nitrogen and oxygen atoms in total. The van der Waals surface area contributed by atoms with Gasteiger partial charge in [-0.2, -0.15) is 0 Å². The van der Waals surface area contributed by atoms with E-state index in [1.165, 1.54) is 0 Å². The van der Waals surface area contributed by atoms with Crippen LogP contribution in [0.5, 0.6) is 0 Å². The highest BCUT2D eigenvalue weighted by Gasteiger charge is 2.17. The van der Waals surface area contributed by atoms with Crippen LogP contribution in [0, 0.1) is 0 Å². The number of rotatable bonds is 4. The fourth-order valence-corrected chi connectivity index (χ4v) is 1.32. The Balaban J connectivity index is 4.30. The van der Waals surface area contributed by atoms with Crippen molar-refractivity contribution < 1.29 is 37.6 Å². The van der Waals surface area contributed by atoms with Crippen LogP contribution in [-0.4, -0.2) is 35.1 Å². The first-order valence-corrected chi connectivity index (χ1v) is 7.80. The van der Waals surface area contributed by atoms with Gasteiger partial charge in [-0.3, -0.25) is 0 Å². The van der Waals surface area contributed by atoms with Gasteiger partial charge in [-0.1, -0.05) is 0 Å². The maximum atomic E-state index is 10.7. The first-order valence-electron chi connectivity index (χ1n) is 3.75. The molecule has 0 saturated heterocycles. The van der Waals surface area contributed by atoms with Gasteiger partial charge in [0, 0.05) is 25.5 Å². The van der Waals surface area contributed by atoms with Crippen LogP contribution in [0.1, 0.15) is 0 Å². The van der Waals surface area contributed by atoms with Crippen LogP contribution in [0.4, 0.5) is 0 Å². The topological polar surface area (TPSA) is 127 Å². The summed E-state index contributed by atoms with van der Waals surface area (Å²) in [6, 6.07) is 0. The minimum atomic E-state index is -3.98. The number of hydrogen-bond acceptors (Lipinski definition) is 6. The molecule has 92 valence electrons. The lowest BCUT2D eigenvalue weighted by atomic mass is 10.5. The monoisotopic (exact) mass is 272 g/mol. The molecule has 2 N–H and O–H groups in total. The molecule has 0 amide bonds. The summed E-state index contributed by atoms with van der Waals surface area (Å²) in [5.74, 6) is -2.48. The van der Waals surface area contributed by atoms with Gasteiger partial charge in [0.1, 0.15) is 0 Å². The molecule has 0 spiro atoms. The lowest BCUT2D eigenvalue weighted by Crippen LogP contribution is -2.01. The minimum absolute atomic E-state index is 0.504. The Bertz CT molecular complexity index is 361.